The van der Waals surface area contributed by atoms with Crippen LogP contribution in [0, 0.1) is 136 Å². The van der Waals surface area contributed by atoms with Crippen LogP contribution in [-0.4, -0.2) is 220 Å². The molecule has 25 nitrogen and oxygen atoms in total. The van der Waals surface area contributed by atoms with Crippen molar-refractivity contribution in [2.24, 2.45) is 136 Å². The summed E-state index contributed by atoms with van der Waals surface area (Å²) in [6.07, 6.45) is -4.72. The topological polar surface area (TPSA) is 420 Å². The average molecular weight is 1570 g/mol. The van der Waals surface area contributed by atoms with Gasteiger partial charge in [-0.3, -0.25) is 33.6 Å². The maximum absolute atomic E-state index is 16.0. The molecule has 16 aliphatic carbocycles. The van der Waals surface area contributed by atoms with E-state index in [1.807, 2.05) is 69.5 Å². The number of allylic oxidation sites excluding steroid dienone is 2. The van der Waals surface area contributed by atoms with Crippen molar-refractivity contribution in [1.29, 1.82) is 0 Å². The number of aliphatic hydroxyl groups is 12. The third-order valence-corrected chi connectivity index (χ3v) is 35.6. The van der Waals surface area contributed by atoms with Gasteiger partial charge in [0.05, 0.1) is 72.5 Å². The lowest BCUT2D eigenvalue weighted by molar-refractivity contribution is -0.447. The Bertz CT molecular complexity index is 4390. The van der Waals surface area contributed by atoms with Gasteiger partial charge in [-0.15, -0.1) is 12.4 Å². The lowest BCUT2D eigenvalue weighted by atomic mass is 9.34. The summed E-state index contributed by atoms with van der Waals surface area (Å²) in [4.78, 5) is 98.3. The Balaban J connectivity index is 0.000000131. The van der Waals surface area contributed by atoms with Gasteiger partial charge in [-0.2, -0.15) is 0 Å². The SMILES string of the molecule is C=C1C(=O)[C@]23[C@H](O)[C@H]1CC[C@H]2[C@@]12CO[C@]3(O)[C@@H](O)[C@@H]1C(C)(C)CCC2=O.C=C1C(=O)[C@]23[C@H](O)[C@H]1CC[C@H]2[C@@]12CO[C@]3(O)[C@@H](O)[C@@H]1C(C)(C)C[C@]1(CCC3=C(O1)[C@]14CO[C@](O)([C@@H](O)[C@@H]1C(C)(C)C3)[C@]13C(=O)C(=C)[C@H](CC[C@@H]41)[C@H]3O)C2=O.C=C1CC(C)(C)[C@H]2[C@H](O)[C@@]3(O)OC[C@]2(C1=O)[C@@H]1CC[C@H]2C(=C)C(=O)[C@]13[C@@H]2O.CNC.Cl. The zero-order valence-electron chi connectivity index (χ0n) is 65.2. The van der Waals surface area contributed by atoms with Crippen LogP contribution in [0.5, 0.6) is 0 Å². The number of nitrogens with one attached hydrogen (secondary N) is 1. The maximum Gasteiger partial charge on any atom is 0.208 e. The van der Waals surface area contributed by atoms with E-state index in [4.69, 9.17) is 23.7 Å². The van der Waals surface area contributed by atoms with E-state index in [1.54, 1.807) is 0 Å². The standard InChI is InChI=1S/C42H52O12.C21H26O6.C20H26O6.C2H7N.ClH/c1-17-20-7-9-22-37-15-52-41(50,39(22,26(17)43)28(20)45)30(47)24(37)34(3,4)13-19-11-12-36(54-32(19)37)14-35(5,6)25-31(48)42(51)40-23(38(25,16-53-42)33(36)49)10-8-21(29(40)46)18(2)27(40)44;1-9-7-18(3,4)13-17(25)21(26)20-12(19(13,8-27-21)14(9)22)6-5-11(16(20)24)10(2)15(20)23;1-9-10-4-5-11-18-8-26-20(25,19(11,14(9)22)15(10)23)16(24)13(18)17(2,3)7-6-12(18)21;1-3-2;/h20-25,28-31,45-48,50-51H,1-2,7-16H2,3-6H3;11-13,16-17,24-26H,1-2,5-8H2,3-4H3;10-11,13,15-16,23-25H,1,4-8H2,2-3H3;3H,1-2H3;1H/t20-,21-,22-,23-,24+,25+,28+,29+,30-,31-,36+,37-,38-,39-,40-,41+,42+;11-,12-,13+,16+,17-,19-,20-,21+;10-,11-,13+,15+,16-,18+,19-,20+;;/m000../s1. The molecule has 9 heterocycles. The molecule has 33 atom stereocenters. The molecule has 0 unspecified atom stereocenters. The number of Topliss-reactive ketones (excluding diaryl/α,β-unsaturated/α-hetero) is 7. The van der Waals surface area contributed by atoms with Gasteiger partial charge in [-0.25, -0.2) is 0 Å². The first-order valence-electron chi connectivity index (χ1n) is 40.3. The normalized spacial score (nSPS) is 56.0. The third kappa shape index (κ3) is 7.73. The number of carbonyl (C=O) groups is 7. The predicted molar refractivity (Wildman–Crippen MR) is 391 cm³/mol. The lowest BCUT2D eigenvalue weighted by Gasteiger charge is -2.76. The van der Waals surface area contributed by atoms with E-state index >= 15 is 4.79 Å². The van der Waals surface area contributed by atoms with Crippen molar-refractivity contribution in [2.45, 2.75) is 229 Å². The highest BCUT2D eigenvalue weighted by molar-refractivity contribution is 6.10. The van der Waals surface area contributed by atoms with E-state index in [1.165, 1.54) is 0 Å². The van der Waals surface area contributed by atoms with Crippen LogP contribution in [-0.2, 0) is 57.2 Å². The monoisotopic (exact) mass is 1570 g/mol. The summed E-state index contributed by atoms with van der Waals surface area (Å²) in [5, 5.41) is 144. The molecule has 0 radical (unpaired) electrons. The Morgan fingerprint density at radius 2 is 0.694 bits per heavy atom. The van der Waals surface area contributed by atoms with Crippen LogP contribution in [0.1, 0.15) is 152 Å². The summed E-state index contributed by atoms with van der Waals surface area (Å²) in [5.41, 5.74) is -13.8. The van der Waals surface area contributed by atoms with Crippen LogP contribution < -0.4 is 5.32 Å². The number of fused-ring (bicyclic) bond motifs is 8. The molecule has 0 aromatic carbocycles. The Labute approximate surface area is 651 Å². The number of hydrogen-bond donors (Lipinski definition) is 13. The van der Waals surface area contributed by atoms with Crippen molar-refractivity contribution < 1.29 is 119 Å². The smallest absolute Gasteiger partial charge is 0.208 e. The van der Waals surface area contributed by atoms with E-state index in [0.717, 1.165) is 5.57 Å². The van der Waals surface area contributed by atoms with Crippen LogP contribution in [0.15, 0.2) is 72.1 Å². The van der Waals surface area contributed by atoms with E-state index in [-0.39, 0.29) is 96.7 Å². The number of carbonyl (C=O) groups excluding carboxylic acids is 7. The summed E-state index contributed by atoms with van der Waals surface area (Å²) < 4.78 is 31.4. The Kier molecular flexibility index (Phi) is 16.3. The summed E-state index contributed by atoms with van der Waals surface area (Å²) in [5.74, 6) is -18.7. The van der Waals surface area contributed by atoms with Crippen LogP contribution in [0.25, 0.3) is 0 Å². The molecule has 13 N–H and O–H groups in total. The molecule has 9 spiro atoms. The molecule has 0 aromatic rings. The Hall–Kier alpha value is -4.46. The first-order valence-corrected chi connectivity index (χ1v) is 40.3. The minimum Gasteiger partial charge on any atom is -0.483 e. The number of hydrogen-bond acceptors (Lipinski definition) is 25. The highest BCUT2D eigenvalue weighted by atomic mass is 35.5. The Morgan fingerprint density at radius 3 is 1.10 bits per heavy atom. The number of ether oxygens (including phenoxy) is 5. The molecule has 111 heavy (non-hydrogen) atoms. The van der Waals surface area contributed by atoms with Crippen molar-refractivity contribution in [3.63, 3.8) is 0 Å². The van der Waals surface area contributed by atoms with Gasteiger partial charge in [0.2, 0.25) is 23.1 Å². The molecule has 9 aliphatic heterocycles. The third-order valence-electron chi connectivity index (χ3n) is 35.6. The molecule has 0 amide bonds. The van der Waals surface area contributed by atoms with Gasteiger partial charge in [0, 0.05) is 53.8 Å². The lowest BCUT2D eigenvalue weighted by Crippen LogP contribution is -2.87. The zero-order chi connectivity index (χ0) is 79.8. The molecule has 0 aromatic heterocycles. The fourth-order valence-corrected chi connectivity index (χ4v) is 32.5. The summed E-state index contributed by atoms with van der Waals surface area (Å²) in [6, 6.07) is 0. The van der Waals surface area contributed by atoms with Gasteiger partial charge in [-0.1, -0.05) is 88.3 Å². The molecular weight excluding hydrogens is 1450 g/mol. The summed E-state index contributed by atoms with van der Waals surface area (Å²) >= 11 is 0. The van der Waals surface area contributed by atoms with Gasteiger partial charge >= 0.3 is 0 Å². The molecule has 8 saturated heterocycles. The molecule has 23 fully saturated rings. The van der Waals surface area contributed by atoms with Gasteiger partial charge in [-0.05, 0) is 183 Å². The second kappa shape index (κ2) is 22.9. The average Bonchev–Trinajstić information content (AvgIpc) is 1.64. The second-order valence-electron chi connectivity index (χ2n) is 41.1. The van der Waals surface area contributed by atoms with Crippen molar-refractivity contribution >= 4 is 52.9 Å². The van der Waals surface area contributed by atoms with E-state index in [9.17, 15) is 90.0 Å². The van der Waals surface area contributed by atoms with Crippen molar-refractivity contribution in [3.05, 3.63) is 72.1 Å². The second-order valence-corrected chi connectivity index (χ2v) is 41.1. The van der Waals surface area contributed by atoms with Gasteiger partial charge in [0.15, 0.2) is 40.3 Å². The highest BCUT2D eigenvalue weighted by Crippen LogP contribution is 2.83. The van der Waals surface area contributed by atoms with Gasteiger partial charge < -0.3 is 90.3 Å². The molecule has 16 bridgehead atoms. The van der Waals surface area contributed by atoms with Crippen LogP contribution in [0.3, 0.4) is 0 Å². The quantitative estimate of drug-likeness (QED) is 0.155. The molecule has 25 rings (SSSR count). The van der Waals surface area contributed by atoms with Crippen molar-refractivity contribution in [3.8, 4) is 0 Å². The highest BCUT2D eigenvalue weighted by Gasteiger charge is 2.94. The van der Waals surface area contributed by atoms with E-state index in [2.05, 4.69) is 38.2 Å². The summed E-state index contributed by atoms with van der Waals surface area (Å²) in [7, 11) is 3.75. The maximum atomic E-state index is 16.0. The van der Waals surface area contributed by atoms with Gasteiger partial charge in [0.25, 0.3) is 0 Å². The number of rotatable bonds is 0. The first kappa shape index (κ1) is 79.0. The molecule has 15 saturated carbocycles. The van der Waals surface area contributed by atoms with Gasteiger partial charge in [0.1, 0.15) is 57.6 Å². The fourth-order valence-electron chi connectivity index (χ4n) is 32.5. The number of ketones is 7. The Morgan fingerprint density at radius 1 is 0.378 bits per heavy atom. The number of halogens is 1. The minimum absolute atomic E-state index is 0. The largest absolute Gasteiger partial charge is 0.483 e. The fraction of sp³-hybridized carbons (Fsp3) is 0.776. The number of aliphatic hydroxyl groups excluding tert-OH is 8. The molecular formula is C85H112ClNO24. The molecule has 25 aliphatic rings. The van der Waals surface area contributed by atoms with Crippen LogP contribution >= 0.6 is 12.4 Å². The summed E-state index contributed by atoms with van der Waals surface area (Å²) in [6.45, 7) is 35.2. The van der Waals surface area contributed by atoms with E-state index in [0.29, 0.717) is 94.8 Å². The molecule has 608 valence electrons. The van der Waals surface area contributed by atoms with E-state index < -0.39 is 231 Å². The van der Waals surface area contributed by atoms with Crippen molar-refractivity contribution in [2.75, 3.05) is 40.5 Å². The first-order chi connectivity index (χ1) is 51.1. The van der Waals surface area contributed by atoms with Crippen molar-refractivity contribution in [1.82, 2.24) is 5.32 Å². The minimum atomic E-state index is -2.43. The molecule has 26 heteroatoms. The zero-order valence-corrected chi connectivity index (χ0v) is 66.0. The predicted octanol–water partition coefficient (Wildman–Crippen LogP) is 3.23. The van der Waals surface area contributed by atoms with Crippen LogP contribution in [0.2, 0.25) is 0 Å². The van der Waals surface area contributed by atoms with Crippen LogP contribution in [0.4, 0.5) is 0 Å².